The van der Waals surface area contributed by atoms with Gasteiger partial charge in [-0.2, -0.15) is 0 Å². The van der Waals surface area contributed by atoms with Gasteiger partial charge >= 0.3 is 0 Å². The molecule has 5 rings (SSSR count). The molecular weight excluding hydrogens is 385 g/mol. The fourth-order valence-electron chi connectivity index (χ4n) is 4.97. The zero-order valence-corrected chi connectivity index (χ0v) is 17.1. The van der Waals surface area contributed by atoms with E-state index < -0.39 is 5.92 Å². The maximum atomic E-state index is 14.2. The molecule has 0 spiro atoms. The highest BCUT2D eigenvalue weighted by Crippen LogP contribution is 2.54. The van der Waals surface area contributed by atoms with Gasteiger partial charge in [0.15, 0.2) is 17.3 Å². The van der Waals surface area contributed by atoms with Gasteiger partial charge in [-0.15, -0.1) is 0 Å². The zero-order valence-electron chi connectivity index (χ0n) is 17.1. The van der Waals surface area contributed by atoms with E-state index in [0.29, 0.717) is 36.5 Å². The van der Waals surface area contributed by atoms with E-state index in [1.54, 1.807) is 6.07 Å². The number of halogens is 1. The van der Waals surface area contributed by atoms with Crippen LogP contribution in [0.2, 0.25) is 0 Å². The Kier molecular flexibility index (Phi) is 4.36. The van der Waals surface area contributed by atoms with E-state index in [-0.39, 0.29) is 30.4 Å². The molecule has 1 unspecified atom stereocenters. The third-order valence-electron chi connectivity index (χ3n) is 6.14. The second kappa shape index (κ2) is 6.84. The molecule has 0 bridgehead atoms. The number of Topliss-reactive ketones (excluding diaryl/α,β-unsaturated/α-hetero) is 1. The SMILES string of the molecule is CC1(C)CC(=O)C2=C(C1)N(CCO)c1cc3c(cc1C2c1cccc(F)c1)OCO3. The van der Waals surface area contributed by atoms with Crippen LogP contribution in [0.3, 0.4) is 0 Å². The number of carbonyl (C=O) groups is 1. The summed E-state index contributed by atoms with van der Waals surface area (Å²) >= 11 is 0. The van der Waals surface area contributed by atoms with Crippen molar-refractivity contribution in [3.63, 3.8) is 0 Å². The monoisotopic (exact) mass is 409 g/mol. The highest BCUT2D eigenvalue weighted by atomic mass is 19.1. The lowest BCUT2D eigenvalue weighted by Crippen LogP contribution is -2.40. The summed E-state index contributed by atoms with van der Waals surface area (Å²) < 4.78 is 25.4. The van der Waals surface area contributed by atoms with Gasteiger partial charge in [0.25, 0.3) is 0 Å². The number of hydrogen-bond acceptors (Lipinski definition) is 5. The summed E-state index contributed by atoms with van der Waals surface area (Å²) in [6, 6.07) is 10.3. The van der Waals surface area contributed by atoms with Crippen molar-refractivity contribution < 1.29 is 23.8 Å². The lowest BCUT2D eigenvalue weighted by molar-refractivity contribution is -0.118. The normalized spacial score (nSPS) is 21.5. The van der Waals surface area contributed by atoms with Crippen LogP contribution >= 0.6 is 0 Å². The number of ether oxygens (including phenoxy) is 2. The van der Waals surface area contributed by atoms with E-state index in [2.05, 4.69) is 13.8 Å². The average Bonchev–Trinajstić information content (AvgIpc) is 3.14. The standard InChI is InChI=1S/C24H24FNO4/c1-24(2)11-18-23(19(28)12-24)22(14-4-3-5-15(25)8-14)16-9-20-21(30-13-29-20)10-17(16)26(18)6-7-27/h3-5,8-10,22,27H,6-7,11-13H2,1-2H3. The van der Waals surface area contributed by atoms with Gasteiger partial charge in [0, 0.05) is 41.9 Å². The molecule has 5 nitrogen and oxygen atoms in total. The van der Waals surface area contributed by atoms with Crippen LogP contribution in [0.4, 0.5) is 10.1 Å². The van der Waals surface area contributed by atoms with Gasteiger partial charge in [-0.05, 0) is 41.2 Å². The van der Waals surface area contributed by atoms with Gasteiger partial charge in [-0.25, -0.2) is 4.39 Å². The number of ketones is 1. The number of anilines is 1. The van der Waals surface area contributed by atoms with Gasteiger partial charge in [-0.1, -0.05) is 26.0 Å². The van der Waals surface area contributed by atoms with Crippen molar-refractivity contribution in [3.05, 3.63) is 64.6 Å². The fourth-order valence-corrected chi connectivity index (χ4v) is 4.97. The number of allylic oxidation sites excluding steroid dienone is 2. The number of aliphatic hydroxyl groups is 1. The van der Waals surface area contributed by atoms with Crippen LogP contribution in [0.15, 0.2) is 47.7 Å². The van der Waals surface area contributed by atoms with Crippen molar-refractivity contribution in [2.24, 2.45) is 5.41 Å². The molecule has 0 aromatic heterocycles. The van der Waals surface area contributed by atoms with Crippen LogP contribution in [0.5, 0.6) is 11.5 Å². The second-order valence-corrected chi connectivity index (χ2v) is 8.93. The predicted molar refractivity (Wildman–Crippen MR) is 110 cm³/mol. The highest BCUT2D eigenvalue weighted by molar-refractivity contribution is 6.02. The molecule has 6 heteroatoms. The summed E-state index contributed by atoms with van der Waals surface area (Å²) in [5, 5.41) is 9.79. The molecule has 0 fully saturated rings. The van der Waals surface area contributed by atoms with Crippen LogP contribution in [0.25, 0.3) is 0 Å². The molecule has 0 saturated carbocycles. The van der Waals surface area contributed by atoms with E-state index in [4.69, 9.17) is 9.47 Å². The van der Waals surface area contributed by atoms with Gasteiger partial charge < -0.3 is 19.5 Å². The minimum absolute atomic E-state index is 0.0517. The summed E-state index contributed by atoms with van der Waals surface area (Å²) in [6.07, 6.45) is 1.14. The highest BCUT2D eigenvalue weighted by Gasteiger charge is 2.44. The minimum Gasteiger partial charge on any atom is -0.454 e. The largest absolute Gasteiger partial charge is 0.454 e. The summed E-state index contributed by atoms with van der Waals surface area (Å²) in [5.41, 5.74) is 3.88. The van der Waals surface area contributed by atoms with Crippen molar-refractivity contribution >= 4 is 11.5 Å². The van der Waals surface area contributed by atoms with Crippen molar-refractivity contribution in [1.29, 1.82) is 0 Å². The molecule has 2 aliphatic heterocycles. The fraction of sp³-hybridized carbons (Fsp3) is 0.375. The van der Waals surface area contributed by atoms with Crippen molar-refractivity contribution in [2.75, 3.05) is 24.8 Å². The van der Waals surface area contributed by atoms with E-state index >= 15 is 0 Å². The molecular formula is C24H24FNO4. The van der Waals surface area contributed by atoms with Crippen molar-refractivity contribution in [2.45, 2.75) is 32.6 Å². The first-order chi connectivity index (χ1) is 14.4. The molecule has 2 heterocycles. The van der Waals surface area contributed by atoms with E-state index in [1.807, 2.05) is 23.1 Å². The number of carbonyl (C=O) groups excluding carboxylic acids is 1. The number of rotatable bonds is 3. The molecule has 1 N–H and O–H groups in total. The number of aliphatic hydroxyl groups excluding tert-OH is 1. The third kappa shape index (κ3) is 2.98. The Morgan fingerprint density at radius 3 is 2.67 bits per heavy atom. The molecule has 1 atom stereocenters. The lowest BCUT2D eigenvalue weighted by Gasteiger charge is -2.45. The topological polar surface area (TPSA) is 59.0 Å². The van der Waals surface area contributed by atoms with Crippen LogP contribution in [-0.2, 0) is 4.79 Å². The average molecular weight is 409 g/mol. The Labute approximate surface area is 174 Å². The summed E-state index contributed by atoms with van der Waals surface area (Å²) in [5.74, 6) is 0.602. The number of β-amino-alcohol motifs (C(OH)–C–C–N with tert-alkyl or cyclic N) is 1. The van der Waals surface area contributed by atoms with E-state index in [1.165, 1.54) is 12.1 Å². The lowest BCUT2D eigenvalue weighted by atomic mass is 9.68. The smallest absolute Gasteiger partial charge is 0.231 e. The summed E-state index contributed by atoms with van der Waals surface area (Å²) in [7, 11) is 0. The van der Waals surface area contributed by atoms with Crippen LogP contribution in [-0.4, -0.2) is 30.8 Å². The predicted octanol–water partition coefficient (Wildman–Crippen LogP) is 4.14. The number of benzene rings is 2. The number of hydrogen-bond donors (Lipinski definition) is 1. The van der Waals surface area contributed by atoms with E-state index in [9.17, 15) is 14.3 Å². The van der Waals surface area contributed by atoms with Crippen molar-refractivity contribution in [3.8, 4) is 11.5 Å². The molecule has 0 saturated heterocycles. The first kappa shape index (κ1) is 19.1. The van der Waals surface area contributed by atoms with Crippen LogP contribution in [0.1, 0.15) is 43.7 Å². The molecule has 0 amide bonds. The zero-order chi connectivity index (χ0) is 21.0. The van der Waals surface area contributed by atoms with Gasteiger partial charge in [-0.3, -0.25) is 4.79 Å². The molecule has 156 valence electrons. The Morgan fingerprint density at radius 1 is 1.17 bits per heavy atom. The van der Waals surface area contributed by atoms with Crippen LogP contribution in [0, 0.1) is 11.2 Å². The Bertz CT molecular complexity index is 1070. The quantitative estimate of drug-likeness (QED) is 0.826. The minimum atomic E-state index is -0.390. The number of fused-ring (bicyclic) bond motifs is 2. The first-order valence-electron chi connectivity index (χ1n) is 10.2. The maximum absolute atomic E-state index is 14.2. The third-order valence-corrected chi connectivity index (χ3v) is 6.14. The molecule has 2 aromatic carbocycles. The Hall–Kier alpha value is -2.86. The molecule has 30 heavy (non-hydrogen) atoms. The van der Waals surface area contributed by atoms with Gasteiger partial charge in [0.05, 0.1) is 6.61 Å². The maximum Gasteiger partial charge on any atom is 0.231 e. The van der Waals surface area contributed by atoms with Crippen molar-refractivity contribution in [1.82, 2.24) is 0 Å². The molecule has 0 radical (unpaired) electrons. The summed E-state index contributed by atoms with van der Waals surface area (Å²) in [4.78, 5) is 15.4. The van der Waals surface area contributed by atoms with Gasteiger partial charge in [0.1, 0.15) is 5.82 Å². The van der Waals surface area contributed by atoms with Crippen LogP contribution < -0.4 is 14.4 Å². The number of nitrogens with zero attached hydrogens (tertiary/aromatic N) is 1. The Balaban J connectivity index is 1.79. The second-order valence-electron chi connectivity index (χ2n) is 8.93. The first-order valence-corrected chi connectivity index (χ1v) is 10.2. The van der Waals surface area contributed by atoms with E-state index in [0.717, 1.165) is 22.5 Å². The molecule has 2 aromatic rings. The summed E-state index contributed by atoms with van der Waals surface area (Å²) in [6.45, 7) is 4.62. The van der Waals surface area contributed by atoms with Gasteiger partial charge in [0.2, 0.25) is 6.79 Å². The molecule has 3 aliphatic rings. The molecule has 1 aliphatic carbocycles. The Morgan fingerprint density at radius 2 is 1.93 bits per heavy atom.